The molecule has 0 saturated carbocycles. The van der Waals surface area contributed by atoms with Crippen LogP contribution in [0.15, 0.2) is 23.2 Å². The summed E-state index contributed by atoms with van der Waals surface area (Å²) in [6.45, 7) is 2.11. The van der Waals surface area contributed by atoms with Gasteiger partial charge >= 0.3 is 6.18 Å². The first kappa shape index (κ1) is 24.2. The summed E-state index contributed by atoms with van der Waals surface area (Å²) >= 11 is 0. The third-order valence-corrected chi connectivity index (χ3v) is 4.63. The Bertz CT molecular complexity index is 868. The largest absolute Gasteiger partial charge is 0.484 e. The van der Waals surface area contributed by atoms with E-state index in [1.165, 1.54) is 0 Å². The van der Waals surface area contributed by atoms with Gasteiger partial charge < -0.3 is 19.9 Å². The maximum Gasteiger partial charge on any atom is 0.422 e. The summed E-state index contributed by atoms with van der Waals surface area (Å²) < 4.78 is 44.6. The quantitative estimate of drug-likeness (QED) is 0.336. The van der Waals surface area contributed by atoms with Crippen LogP contribution in [0.3, 0.4) is 0 Å². The number of halogens is 4. The fraction of sp³-hybridized carbons (Fsp3) is 0.526. The average Bonchev–Trinajstić information content (AvgIpc) is 3.10. The molecule has 11 heteroatoms. The Labute approximate surface area is 190 Å². The van der Waals surface area contributed by atoms with Crippen LogP contribution in [0.2, 0.25) is 0 Å². The average molecular weight is 538 g/mol. The highest BCUT2D eigenvalue weighted by Gasteiger charge is 2.28. The van der Waals surface area contributed by atoms with Crippen molar-refractivity contribution in [3.8, 4) is 5.75 Å². The zero-order chi connectivity index (χ0) is 20.9. The third-order valence-electron chi connectivity index (χ3n) is 4.63. The summed E-state index contributed by atoms with van der Waals surface area (Å²) in [5, 5.41) is 14.7. The van der Waals surface area contributed by atoms with E-state index in [4.69, 9.17) is 4.74 Å². The number of aryl methyl sites for hydroxylation is 2. The first-order valence-electron chi connectivity index (χ1n) is 9.50. The van der Waals surface area contributed by atoms with Crippen LogP contribution in [-0.4, -0.2) is 40.6 Å². The number of aliphatic imine (C=N–C) groups is 1. The van der Waals surface area contributed by atoms with Crippen molar-refractivity contribution in [2.45, 2.75) is 52.0 Å². The van der Waals surface area contributed by atoms with Crippen LogP contribution in [0.5, 0.6) is 5.75 Å². The molecular formula is C19H26F3IN6O. The lowest BCUT2D eigenvalue weighted by Gasteiger charge is -2.17. The number of fused-ring (bicyclic) bond motifs is 1. The number of aromatic nitrogens is 3. The highest BCUT2D eigenvalue weighted by Crippen LogP contribution is 2.23. The van der Waals surface area contributed by atoms with Gasteiger partial charge in [-0.3, -0.25) is 4.99 Å². The van der Waals surface area contributed by atoms with Crippen LogP contribution in [-0.2, 0) is 26.1 Å². The molecule has 30 heavy (non-hydrogen) atoms. The summed E-state index contributed by atoms with van der Waals surface area (Å²) in [7, 11) is 1.63. The van der Waals surface area contributed by atoms with Gasteiger partial charge in [-0.05, 0) is 31.4 Å². The molecule has 2 heterocycles. The number of alkyl halides is 3. The van der Waals surface area contributed by atoms with Crippen molar-refractivity contribution in [3.63, 3.8) is 0 Å². The molecule has 0 saturated heterocycles. The molecule has 2 aromatic rings. The summed E-state index contributed by atoms with van der Waals surface area (Å²) in [6, 6.07) is 5.17. The van der Waals surface area contributed by atoms with Crippen molar-refractivity contribution in [3.05, 3.63) is 41.0 Å². The van der Waals surface area contributed by atoms with Crippen molar-refractivity contribution in [2.24, 2.45) is 4.99 Å². The van der Waals surface area contributed by atoms with E-state index in [0.29, 0.717) is 18.1 Å². The van der Waals surface area contributed by atoms with E-state index >= 15 is 0 Å². The van der Waals surface area contributed by atoms with Crippen LogP contribution in [0.25, 0.3) is 0 Å². The number of guanidine groups is 1. The molecular weight excluding hydrogens is 512 g/mol. The SMILES string of the molecule is CN=C(NCc1ccc(C)cc1OCC(F)(F)F)NCc1nnc2n1CCCC2.I. The van der Waals surface area contributed by atoms with Gasteiger partial charge in [0.1, 0.15) is 11.6 Å². The van der Waals surface area contributed by atoms with Crippen molar-refractivity contribution in [1.82, 2.24) is 25.4 Å². The van der Waals surface area contributed by atoms with Gasteiger partial charge in [-0.15, -0.1) is 34.2 Å². The maximum atomic E-state index is 12.5. The Kier molecular flexibility index (Phi) is 8.74. The van der Waals surface area contributed by atoms with Crippen molar-refractivity contribution >= 4 is 29.9 Å². The predicted molar refractivity (Wildman–Crippen MR) is 118 cm³/mol. The van der Waals surface area contributed by atoms with Crippen LogP contribution in [0, 0.1) is 6.92 Å². The van der Waals surface area contributed by atoms with Gasteiger partial charge in [0.2, 0.25) is 0 Å². The Balaban J connectivity index is 0.00000320. The highest BCUT2D eigenvalue weighted by atomic mass is 127. The molecule has 1 aromatic carbocycles. The second-order valence-corrected chi connectivity index (χ2v) is 6.94. The van der Waals surface area contributed by atoms with E-state index in [1.807, 2.05) is 6.07 Å². The lowest BCUT2D eigenvalue weighted by atomic mass is 10.1. The van der Waals surface area contributed by atoms with Gasteiger partial charge in [0.05, 0.1) is 6.54 Å². The Morgan fingerprint density at radius 1 is 1.20 bits per heavy atom. The fourth-order valence-electron chi connectivity index (χ4n) is 3.16. The molecule has 0 bridgehead atoms. The van der Waals surface area contributed by atoms with E-state index in [-0.39, 0.29) is 36.3 Å². The van der Waals surface area contributed by atoms with Gasteiger partial charge in [0, 0.05) is 32.1 Å². The number of ether oxygens (including phenoxy) is 1. The van der Waals surface area contributed by atoms with Gasteiger partial charge in [0.25, 0.3) is 0 Å². The lowest BCUT2D eigenvalue weighted by molar-refractivity contribution is -0.153. The Morgan fingerprint density at radius 2 is 1.97 bits per heavy atom. The van der Waals surface area contributed by atoms with E-state index < -0.39 is 12.8 Å². The summed E-state index contributed by atoms with van der Waals surface area (Å²) in [5.74, 6) is 2.56. The third kappa shape index (κ3) is 6.74. The predicted octanol–water partition coefficient (Wildman–Crippen LogP) is 3.35. The molecule has 1 aliphatic rings. The molecule has 0 spiro atoms. The minimum atomic E-state index is -4.39. The topological polar surface area (TPSA) is 76.4 Å². The number of nitrogens with one attached hydrogen (secondary N) is 2. The normalized spacial score (nSPS) is 14.0. The zero-order valence-corrected chi connectivity index (χ0v) is 19.3. The monoisotopic (exact) mass is 538 g/mol. The molecule has 2 N–H and O–H groups in total. The molecule has 0 atom stereocenters. The number of rotatable bonds is 6. The van der Waals surface area contributed by atoms with Crippen LogP contribution in [0.4, 0.5) is 13.2 Å². The second kappa shape index (κ2) is 10.8. The molecule has 1 aromatic heterocycles. The second-order valence-electron chi connectivity index (χ2n) is 6.94. The Morgan fingerprint density at radius 3 is 2.70 bits per heavy atom. The van der Waals surface area contributed by atoms with E-state index in [9.17, 15) is 13.2 Å². The number of nitrogens with zero attached hydrogens (tertiary/aromatic N) is 4. The molecule has 1 aliphatic heterocycles. The van der Waals surface area contributed by atoms with Crippen molar-refractivity contribution in [2.75, 3.05) is 13.7 Å². The molecule has 0 aliphatic carbocycles. The zero-order valence-electron chi connectivity index (χ0n) is 16.9. The van der Waals surface area contributed by atoms with Gasteiger partial charge in [-0.2, -0.15) is 13.2 Å². The van der Waals surface area contributed by atoms with Gasteiger partial charge in [-0.25, -0.2) is 0 Å². The molecule has 7 nitrogen and oxygen atoms in total. The highest BCUT2D eigenvalue weighted by molar-refractivity contribution is 14.0. The summed E-state index contributed by atoms with van der Waals surface area (Å²) in [5.41, 5.74) is 1.44. The van der Waals surface area contributed by atoms with Gasteiger partial charge in [0.15, 0.2) is 18.4 Å². The molecule has 0 amide bonds. The van der Waals surface area contributed by atoms with Crippen molar-refractivity contribution in [1.29, 1.82) is 0 Å². The number of hydrogen-bond acceptors (Lipinski definition) is 4. The minimum absolute atomic E-state index is 0. The van der Waals surface area contributed by atoms with Gasteiger partial charge in [-0.1, -0.05) is 12.1 Å². The minimum Gasteiger partial charge on any atom is -0.484 e. The summed E-state index contributed by atoms with van der Waals surface area (Å²) in [4.78, 5) is 4.16. The maximum absolute atomic E-state index is 12.5. The standard InChI is InChI=1S/C19H25F3N6O.HI/c1-13-6-7-14(15(9-13)29-12-19(20,21)22)10-24-18(23-2)25-11-17-27-26-16-5-3-4-8-28(16)17;/h6-7,9H,3-5,8,10-12H2,1-2H3,(H2,23,24,25);1H. The van der Waals surface area contributed by atoms with Crippen molar-refractivity contribution < 1.29 is 17.9 Å². The van der Waals surface area contributed by atoms with Crippen LogP contribution >= 0.6 is 24.0 Å². The van der Waals surface area contributed by atoms with E-state index in [0.717, 1.165) is 43.0 Å². The fourth-order valence-corrected chi connectivity index (χ4v) is 3.16. The lowest BCUT2D eigenvalue weighted by Crippen LogP contribution is -2.37. The Hall–Kier alpha value is -2.05. The molecule has 0 unspecified atom stereocenters. The van der Waals surface area contributed by atoms with Crippen LogP contribution < -0.4 is 15.4 Å². The smallest absolute Gasteiger partial charge is 0.422 e. The first-order valence-corrected chi connectivity index (χ1v) is 9.50. The molecule has 3 rings (SSSR count). The molecule has 0 fully saturated rings. The summed E-state index contributed by atoms with van der Waals surface area (Å²) in [6.07, 6.45) is -1.21. The van der Waals surface area contributed by atoms with E-state index in [1.54, 1.807) is 26.1 Å². The van der Waals surface area contributed by atoms with Crippen LogP contribution in [0.1, 0.15) is 35.6 Å². The number of benzene rings is 1. The van der Waals surface area contributed by atoms with E-state index in [2.05, 4.69) is 30.4 Å². The molecule has 166 valence electrons. The first-order chi connectivity index (χ1) is 13.9. The number of hydrogen-bond donors (Lipinski definition) is 2. The molecule has 0 radical (unpaired) electrons.